The maximum absolute atomic E-state index is 12.9. The summed E-state index contributed by atoms with van der Waals surface area (Å²) in [5.41, 5.74) is 2.16. The Morgan fingerprint density at radius 1 is 1.35 bits per heavy atom. The number of methoxy groups -OCH3 is 1. The molecular formula is C19H29NO3. The molecule has 1 aliphatic carbocycles. The minimum atomic E-state index is -0.686. The van der Waals surface area contributed by atoms with Gasteiger partial charge in [-0.05, 0) is 69.2 Å². The fourth-order valence-corrected chi connectivity index (χ4v) is 3.77. The highest BCUT2D eigenvalue weighted by Gasteiger charge is 2.42. The summed E-state index contributed by atoms with van der Waals surface area (Å²) in [5, 5.41) is 3.07. The van der Waals surface area contributed by atoms with E-state index in [1.165, 1.54) is 6.42 Å². The molecule has 1 aromatic rings. The number of benzene rings is 1. The average Bonchev–Trinajstić information content (AvgIpc) is 2.47. The van der Waals surface area contributed by atoms with Gasteiger partial charge < -0.3 is 14.8 Å². The Bertz CT molecular complexity index is 543. The van der Waals surface area contributed by atoms with Crippen molar-refractivity contribution in [2.45, 2.75) is 59.0 Å². The number of ether oxygens (including phenoxy) is 2. The smallest absolute Gasteiger partial charge is 0.256 e. The van der Waals surface area contributed by atoms with Gasteiger partial charge in [0.15, 0.2) is 0 Å². The molecule has 4 nitrogen and oxygen atoms in total. The van der Waals surface area contributed by atoms with Crippen LogP contribution in [0.3, 0.4) is 0 Å². The number of nitrogens with one attached hydrogen (secondary N) is 1. The number of aryl methyl sites for hydroxylation is 2. The van der Waals surface area contributed by atoms with Gasteiger partial charge in [0.1, 0.15) is 11.4 Å². The van der Waals surface area contributed by atoms with E-state index in [2.05, 4.69) is 12.2 Å². The molecule has 23 heavy (non-hydrogen) atoms. The van der Waals surface area contributed by atoms with Crippen molar-refractivity contribution in [1.29, 1.82) is 0 Å². The molecule has 1 amide bonds. The van der Waals surface area contributed by atoms with E-state index in [1.54, 1.807) is 7.11 Å². The van der Waals surface area contributed by atoms with Gasteiger partial charge in [-0.3, -0.25) is 4.79 Å². The van der Waals surface area contributed by atoms with Gasteiger partial charge in [-0.15, -0.1) is 0 Å². The Kier molecular flexibility index (Phi) is 5.69. The first-order chi connectivity index (χ1) is 10.9. The van der Waals surface area contributed by atoms with Crippen molar-refractivity contribution in [3.63, 3.8) is 0 Å². The van der Waals surface area contributed by atoms with Crippen molar-refractivity contribution < 1.29 is 14.3 Å². The molecule has 4 heteroatoms. The summed E-state index contributed by atoms with van der Waals surface area (Å²) < 4.78 is 11.3. The lowest BCUT2D eigenvalue weighted by Crippen LogP contribution is -2.48. The Balaban J connectivity index is 2.22. The number of amides is 1. The third-order valence-corrected chi connectivity index (χ3v) is 4.71. The quantitative estimate of drug-likeness (QED) is 0.883. The molecule has 1 N–H and O–H groups in total. The largest absolute Gasteiger partial charge is 0.496 e. The first kappa shape index (κ1) is 17.8. The second kappa shape index (κ2) is 7.35. The van der Waals surface area contributed by atoms with Crippen LogP contribution in [0.1, 0.15) is 50.7 Å². The average molecular weight is 319 g/mol. The zero-order valence-electron chi connectivity index (χ0n) is 15.0. The molecule has 2 atom stereocenters. The summed E-state index contributed by atoms with van der Waals surface area (Å²) in [6.07, 6.45) is 3.80. The Morgan fingerprint density at radius 2 is 2.00 bits per heavy atom. The molecule has 1 aliphatic rings. The van der Waals surface area contributed by atoms with E-state index in [0.29, 0.717) is 12.5 Å². The minimum Gasteiger partial charge on any atom is -0.496 e. The highest BCUT2D eigenvalue weighted by Crippen LogP contribution is 2.36. The molecule has 0 radical (unpaired) electrons. The number of carbonyl (C=O) groups excluding carboxylic acids is 1. The molecule has 0 aliphatic heterocycles. The second-order valence-electron chi connectivity index (χ2n) is 6.73. The predicted molar refractivity (Wildman–Crippen MR) is 93.1 cm³/mol. The van der Waals surface area contributed by atoms with Gasteiger partial charge >= 0.3 is 0 Å². The molecule has 0 heterocycles. The van der Waals surface area contributed by atoms with E-state index in [1.807, 2.05) is 32.9 Å². The summed E-state index contributed by atoms with van der Waals surface area (Å²) in [5.74, 6) is 1.36. The molecule has 0 saturated heterocycles. The number of hydrogen-bond acceptors (Lipinski definition) is 3. The van der Waals surface area contributed by atoms with Crippen LogP contribution in [0.2, 0.25) is 0 Å². The van der Waals surface area contributed by atoms with Crippen LogP contribution >= 0.6 is 0 Å². The van der Waals surface area contributed by atoms with Gasteiger partial charge in [0.2, 0.25) is 0 Å². The first-order valence-electron chi connectivity index (χ1n) is 8.52. The van der Waals surface area contributed by atoms with Gasteiger partial charge in [0.25, 0.3) is 5.91 Å². The van der Waals surface area contributed by atoms with Gasteiger partial charge in [-0.25, -0.2) is 0 Å². The molecule has 1 saturated carbocycles. The molecule has 0 unspecified atom stereocenters. The van der Waals surface area contributed by atoms with E-state index >= 15 is 0 Å². The Labute approximate surface area is 139 Å². The summed E-state index contributed by atoms with van der Waals surface area (Å²) in [6.45, 7) is 8.68. The summed E-state index contributed by atoms with van der Waals surface area (Å²) in [4.78, 5) is 12.9. The standard InChI is InChI=1S/C19H29NO3/c1-6-23-19(9-7-8-13(2)12-19)18(21)20-16-10-14(3)17(22-5)15(4)11-16/h10-11,13H,6-9,12H2,1-5H3,(H,20,21)/t13-,19-/m1/s1. The number of hydrogen-bond donors (Lipinski definition) is 1. The highest BCUT2D eigenvalue weighted by molar-refractivity contribution is 5.97. The van der Waals surface area contributed by atoms with Crippen molar-refractivity contribution in [3.05, 3.63) is 23.3 Å². The van der Waals surface area contributed by atoms with Crippen molar-refractivity contribution in [3.8, 4) is 5.75 Å². The van der Waals surface area contributed by atoms with Crippen molar-refractivity contribution >= 4 is 11.6 Å². The van der Waals surface area contributed by atoms with Gasteiger partial charge in [0.05, 0.1) is 7.11 Å². The van der Waals surface area contributed by atoms with E-state index in [0.717, 1.165) is 41.8 Å². The molecule has 128 valence electrons. The SMILES string of the molecule is CCO[C@]1(C(=O)Nc2cc(C)c(OC)c(C)c2)CCC[C@@H](C)C1. The number of anilines is 1. The monoisotopic (exact) mass is 319 g/mol. The third kappa shape index (κ3) is 3.86. The predicted octanol–water partition coefficient (Wildman–Crippen LogP) is 4.24. The molecular weight excluding hydrogens is 290 g/mol. The Morgan fingerprint density at radius 3 is 2.52 bits per heavy atom. The maximum Gasteiger partial charge on any atom is 0.256 e. The summed E-state index contributed by atoms with van der Waals surface area (Å²) in [6, 6.07) is 3.91. The highest BCUT2D eigenvalue weighted by atomic mass is 16.5. The minimum absolute atomic E-state index is 0.0186. The van der Waals surface area contributed by atoms with E-state index in [9.17, 15) is 4.79 Å². The number of carbonyl (C=O) groups is 1. The van der Waals surface area contributed by atoms with Crippen molar-refractivity contribution in [2.24, 2.45) is 5.92 Å². The van der Waals surface area contributed by atoms with Crippen molar-refractivity contribution in [1.82, 2.24) is 0 Å². The normalized spacial score (nSPS) is 24.3. The lowest BCUT2D eigenvalue weighted by atomic mass is 9.78. The zero-order chi connectivity index (χ0) is 17.0. The lowest BCUT2D eigenvalue weighted by molar-refractivity contribution is -0.147. The lowest BCUT2D eigenvalue weighted by Gasteiger charge is -2.38. The van der Waals surface area contributed by atoms with Crippen LogP contribution in [0.25, 0.3) is 0 Å². The molecule has 0 bridgehead atoms. The first-order valence-corrected chi connectivity index (χ1v) is 8.52. The van der Waals surface area contributed by atoms with Crippen LogP contribution < -0.4 is 10.1 Å². The van der Waals surface area contributed by atoms with Crippen LogP contribution in [0.15, 0.2) is 12.1 Å². The molecule has 1 fully saturated rings. The van der Waals surface area contributed by atoms with E-state index in [-0.39, 0.29) is 5.91 Å². The second-order valence-corrected chi connectivity index (χ2v) is 6.73. The molecule has 0 aromatic heterocycles. The van der Waals surface area contributed by atoms with Crippen LogP contribution in [-0.2, 0) is 9.53 Å². The summed E-state index contributed by atoms with van der Waals surface area (Å²) >= 11 is 0. The van der Waals surface area contributed by atoms with Gasteiger partial charge in [0, 0.05) is 12.3 Å². The summed E-state index contributed by atoms with van der Waals surface area (Å²) in [7, 11) is 1.67. The van der Waals surface area contributed by atoms with E-state index in [4.69, 9.17) is 9.47 Å². The van der Waals surface area contributed by atoms with Crippen LogP contribution in [0.4, 0.5) is 5.69 Å². The van der Waals surface area contributed by atoms with Crippen LogP contribution in [0.5, 0.6) is 5.75 Å². The fraction of sp³-hybridized carbons (Fsp3) is 0.632. The number of rotatable bonds is 5. The molecule has 1 aromatic carbocycles. The van der Waals surface area contributed by atoms with Crippen molar-refractivity contribution in [2.75, 3.05) is 19.0 Å². The van der Waals surface area contributed by atoms with Crippen LogP contribution in [0, 0.1) is 19.8 Å². The Hall–Kier alpha value is -1.55. The fourth-order valence-electron chi connectivity index (χ4n) is 3.77. The molecule has 2 rings (SSSR count). The topological polar surface area (TPSA) is 47.6 Å². The maximum atomic E-state index is 12.9. The van der Waals surface area contributed by atoms with Gasteiger partial charge in [-0.1, -0.05) is 13.3 Å². The molecule has 0 spiro atoms. The van der Waals surface area contributed by atoms with E-state index < -0.39 is 5.60 Å². The van der Waals surface area contributed by atoms with Crippen LogP contribution in [-0.4, -0.2) is 25.2 Å². The van der Waals surface area contributed by atoms with Gasteiger partial charge in [-0.2, -0.15) is 0 Å². The third-order valence-electron chi connectivity index (χ3n) is 4.71. The zero-order valence-corrected chi connectivity index (χ0v) is 15.0.